The second-order valence-electron chi connectivity index (χ2n) is 2.98. The standard InChI is InChI=1S/C8H15NOS/c1-11-6-8(10)9-7-4-2-3-5-7/h7H,2-6H2,1H3,(H,9,10). The molecule has 2 nitrogen and oxygen atoms in total. The van der Waals surface area contributed by atoms with Crippen molar-refractivity contribution in [2.75, 3.05) is 12.0 Å². The van der Waals surface area contributed by atoms with Crippen molar-refractivity contribution in [2.24, 2.45) is 0 Å². The lowest BCUT2D eigenvalue weighted by molar-refractivity contribution is -0.119. The molecule has 0 aromatic rings. The SMILES string of the molecule is CSCC(=O)NC1CCCC1. The van der Waals surface area contributed by atoms with E-state index in [-0.39, 0.29) is 5.91 Å². The second-order valence-corrected chi connectivity index (χ2v) is 3.85. The minimum absolute atomic E-state index is 0.199. The molecule has 64 valence electrons. The minimum Gasteiger partial charge on any atom is -0.353 e. The Morgan fingerprint density at radius 2 is 2.18 bits per heavy atom. The Morgan fingerprint density at radius 3 is 2.73 bits per heavy atom. The van der Waals surface area contributed by atoms with Crippen LogP contribution in [0.2, 0.25) is 0 Å². The van der Waals surface area contributed by atoms with Gasteiger partial charge in [0.05, 0.1) is 5.75 Å². The van der Waals surface area contributed by atoms with Crippen LogP contribution in [-0.4, -0.2) is 24.0 Å². The quantitative estimate of drug-likeness (QED) is 0.699. The van der Waals surface area contributed by atoms with Gasteiger partial charge in [0, 0.05) is 6.04 Å². The van der Waals surface area contributed by atoms with Crippen molar-refractivity contribution in [2.45, 2.75) is 31.7 Å². The summed E-state index contributed by atoms with van der Waals surface area (Å²) in [6, 6.07) is 0.481. The van der Waals surface area contributed by atoms with Gasteiger partial charge in [-0.25, -0.2) is 0 Å². The third kappa shape index (κ3) is 3.14. The van der Waals surface area contributed by atoms with Crippen LogP contribution in [0.25, 0.3) is 0 Å². The van der Waals surface area contributed by atoms with Crippen LogP contribution in [0, 0.1) is 0 Å². The lowest BCUT2D eigenvalue weighted by atomic mass is 10.2. The first-order valence-corrected chi connectivity index (χ1v) is 5.50. The Morgan fingerprint density at radius 1 is 1.55 bits per heavy atom. The predicted molar refractivity (Wildman–Crippen MR) is 48.8 cm³/mol. The molecule has 0 aliphatic heterocycles. The molecule has 1 N–H and O–H groups in total. The van der Waals surface area contributed by atoms with Gasteiger partial charge < -0.3 is 5.32 Å². The van der Waals surface area contributed by atoms with Gasteiger partial charge in [0.25, 0.3) is 0 Å². The zero-order chi connectivity index (χ0) is 8.10. The van der Waals surface area contributed by atoms with Crippen molar-refractivity contribution < 1.29 is 4.79 Å². The van der Waals surface area contributed by atoms with E-state index >= 15 is 0 Å². The number of hydrogen-bond donors (Lipinski definition) is 1. The average molecular weight is 173 g/mol. The lowest BCUT2D eigenvalue weighted by Crippen LogP contribution is -2.33. The summed E-state index contributed by atoms with van der Waals surface area (Å²) in [6.07, 6.45) is 6.88. The molecule has 0 aromatic heterocycles. The molecule has 0 saturated heterocycles. The third-order valence-electron chi connectivity index (χ3n) is 2.00. The van der Waals surface area contributed by atoms with E-state index in [9.17, 15) is 4.79 Å². The van der Waals surface area contributed by atoms with Gasteiger partial charge in [-0.3, -0.25) is 4.79 Å². The van der Waals surface area contributed by atoms with Crippen LogP contribution >= 0.6 is 11.8 Å². The first-order chi connectivity index (χ1) is 5.33. The Kier molecular flexibility index (Phi) is 3.77. The van der Waals surface area contributed by atoms with Gasteiger partial charge in [0.2, 0.25) is 5.91 Å². The number of rotatable bonds is 3. The number of hydrogen-bond acceptors (Lipinski definition) is 2. The lowest BCUT2D eigenvalue weighted by Gasteiger charge is -2.10. The van der Waals surface area contributed by atoms with Crippen molar-refractivity contribution in [3.8, 4) is 0 Å². The smallest absolute Gasteiger partial charge is 0.230 e. The summed E-state index contributed by atoms with van der Waals surface area (Å²) in [6.45, 7) is 0. The monoisotopic (exact) mass is 173 g/mol. The first-order valence-electron chi connectivity index (χ1n) is 4.11. The molecule has 0 spiro atoms. The van der Waals surface area contributed by atoms with Gasteiger partial charge in [0.15, 0.2) is 0 Å². The molecule has 0 aromatic carbocycles. The fraction of sp³-hybridized carbons (Fsp3) is 0.875. The molecule has 1 rings (SSSR count). The summed E-state index contributed by atoms with van der Waals surface area (Å²) in [7, 11) is 0. The highest BCUT2D eigenvalue weighted by Gasteiger charge is 2.16. The van der Waals surface area contributed by atoms with E-state index in [1.807, 2.05) is 6.26 Å². The van der Waals surface area contributed by atoms with Crippen LogP contribution in [0.3, 0.4) is 0 Å². The van der Waals surface area contributed by atoms with Crippen LogP contribution in [0.5, 0.6) is 0 Å². The normalized spacial score (nSPS) is 18.6. The molecular formula is C8H15NOS. The van der Waals surface area contributed by atoms with E-state index in [4.69, 9.17) is 0 Å². The minimum atomic E-state index is 0.199. The Labute approximate surface area is 72.1 Å². The van der Waals surface area contributed by atoms with Gasteiger partial charge >= 0.3 is 0 Å². The van der Waals surface area contributed by atoms with E-state index in [1.54, 1.807) is 11.8 Å². The van der Waals surface area contributed by atoms with Crippen molar-refractivity contribution in [3.63, 3.8) is 0 Å². The number of carbonyl (C=O) groups excluding carboxylic acids is 1. The summed E-state index contributed by atoms with van der Waals surface area (Å²) in [5.41, 5.74) is 0. The Hall–Kier alpha value is -0.180. The Balaban J connectivity index is 2.13. The predicted octanol–water partition coefficient (Wildman–Crippen LogP) is 1.41. The molecule has 1 aliphatic carbocycles. The van der Waals surface area contributed by atoms with E-state index in [0.717, 1.165) is 0 Å². The van der Waals surface area contributed by atoms with Gasteiger partial charge in [-0.15, -0.1) is 0 Å². The highest BCUT2D eigenvalue weighted by atomic mass is 32.2. The molecule has 0 radical (unpaired) electrons. The van der Waals surface area contributed by atoms with Crippen molar-refractivity contribution in [3.05, 3.63) is 0 Å². The van der Waals surface area contributed by atoms with Gasteiger partial charge in [0.1, 0.15) is 0 Å². The molecule has 11 heavy (non-hydrogen) atoms. The number of carbonyl (C=O) groups is 1. The molecule has 0 heterocycles. The molecule has 0 unspecified atom stereocenters. The molecule has 1 saturated carbocycles. The zero-order valence-corrected chi connectivity index (χ0v) is 7.75. The van der Waals surface area contributed by atoms with Crippen LogP contribution in [0.4, 0.5) is 0 Å². The van der Waals surface area contributed by atoms with Crippen molar-refractivity contribution >= 4 is 17.7 Å². The number of nitrogens with one attached hydrogen (secondary N) is 1. The molecule has 3 heteroatoms. The molecule has 1 aliphatic rings. The van der Waals surface area contributed by atoms with Crippen LogP contribution in [-0.2, 0) is 4.79 Å². The topological polar surface area (TPSA) is 29.1 Å². The largest absolute Gasteiger partial charge is 0.353 e. The summed E-state index contributed by atoms with van der Waals surface area (Å²) in [4.78, 5) is 11.1. The van der Waals surface area contributed by atoms with E-state index in [2.05, 4.69) is 5.32 Å². The zero-order valence-electron chi connectivity index (χ0n) is 6.93. The maximum Gasteiger partial charge on any atom is 0.230 e. The van der Waals surface area contributed by atoms with Crippen molar-refractivity contribution in [1.82, 2.24) is 5.32 Å². The fourth-order valence-corrected chi connectivity index (χ4v) is 1.82. The van der Waals surface area contributed by atoms with Crippen LogP contribution < -0.4 is 5.32 Å². The van der Waals surface area contributed by atoms with E-state index in [0.29, 0.717) is 11.8 Å². The molecular weight excluding hydrogens is 158 g/mol. The van der Waals surface area contributed by atoms with E-state index in [1.165, 1.54) is 25.7 Å². The van der Waals surface area contributed by atoms with Crippen LogP contribution in [0.1, 0.15) is 25.7 Å². The second kappa shape index (κ2) is 4.65. The summed E-state index contributed by atoms with van der Waals surface area (Å²) < 4.78 is 0. The van der Waals surface area contributed by atoms with Crippen molar-refractivity contribution in [1.29, 1.82) is 0 Å². The van der Waals surface area contributed by atoms with E-state index < -0.39 is 0 Å². The molecule has 1 fully saturated rings. The van der Waals surface area contributed by atoms with Gasteiger partial charge in [-0.05, 0) is 19.1 Å². The van der Waals surface area contributed by atoms with Crippen LogP contribution in [0.15, 0.2) is 0 Å². The maximum atomic E-state index is 11.1. The summed E-state index contributed by atoms with van der Waals surface area (Å²) in [5, 5.41) is 3.02. The first kappa shape index (κ1) is 8.91. The fourth-order valence-electron chi connectivity index (χ4n) is 1.47. The maximum absolute atomic E-state index is 11.1. The third-order valence-corrected chi connectivity index (χ3v) is 2.55. The summed E-state index contributed by atoms with van der Waals surface area (Å²) >= 11 is 1.58. The average Bonchev–Trinajstić information content (AvgIpc) is 2.40. The number of thioether (sulfide) groups is 1. The van der Waals surface area contributed by atoms with Gasteiger partial charge in [-0.1, -0.05) is 12.8 Å². The molecule has 1 amide bonds. The highest BCUT2D eigenvalue weighted by Crippen LogP contribution is 2.17. The number of amides is 1. The Bertz CT molecular complexity index is 132. The highest BCUT2D eigenvalue weighted by molar-refractivity contribution is 7.99. The van der Waals surface area contributed by atoms with Gasteiger partial charge in [-0.2, -0.15) is 11.8 Å². The molecule has 0 atom stereocenters. The summed E-state index contributed by atoms with van der Waals surface area (Å²) in [5.74, 6) is 0.806. The molecule has 0 bridgehead atoms.